The summed E-state index contributed by atoms with van der Waals surface area (Å²) in [6.45, 7) is 12.6. The van der Waals surface area contributed by atoms with Crippen LogP contribution in [0.15, 0.2) is 42.5 Å². The molecule has 3 atom stereocenters. The van der Waals surface area contributed by atoms with Crippen molar-refractivity contribution in [2.45, 2.75) is 142 Å². The average Bonchev–Trinajstić information content (AvgIpc) is 3.44. The van der Waals surface area contributed by atoms with Gasteiger partial charge in [0, 0.05) is 30.2 Å². The van der Waals surface area contributed by atoms with E-state index in [1.807, 2.05) is 26.8 Å². The number of carbonyl (C=O) groups excluding carboxylic acids is 3. The quantitative estimate of drug-likeness (QED) is 0.210. The van der Waals surface area contributed by atoms with Crippen molar-refractivity contribution in [2.24, 2.45) is 17.8 Å². The molecule has 1 aromatic heterocycles. The van der Waals surface area contributed by atoms with Crippen LogP contribution in [0.1, 0.15) is 116 Å². The van der Waals surface area contributed by atoms with Crippen LogP contribution < -0.4 is 5.32 Å². The van der Waals surface area contributed by atoms with Gasteiger partial charge in [0.2, 0.25) is 5.91 Å². The van der Waals surface area contributed by atoms with E-state index in [2.05, 4.69) is 26.1 Å². The second-order valence-corrected chi connectivity index (χ2v) is 16.7. The lowest BCUT2D eigenvalue weighted by Gasteiger charge is -2.43. The van der Waals surface area contributed by atoms with Crippen molar-refractivity contribution in [3.05, 3.63) is 70.9 Å². The number of halogens is 2. The zero-order valence-electron chi connectivity index (χ0n) is 33.0. The van der Waals surface area contributed by atoms with Crippen LogP contribution in [0.25, 0.3) is 10.9 Å². The number of hydrogen-bond acceptors (Lipinski definition) is 5. The van der Waals surface area contributed by atoms with Gasteiger partial charge in [0.05, 0.1) is 35.2 Å². The van der Waals surface area contributed by atoms with Gasteiger partial charge in [0.25, 0.3) is 0 Å². The number of fused-ring (bicyclic) bond motifs is 1. The van der Waals surface area contributed by atoms with E-state index in [-0.39, 0.29) is 65.7 Å². The average molecular weight is 748 g/mol. The maximum atomic E-state index is 14.9. The highest BCUT2D eigenvalue weighted by atomic mass is 19.1. The first-order valence-electron chi connectivity index (χ1n) is 20.3. The second-order valence-electron chi connectivity index (χ2n) is 16.7. The topological polar surface area (TPSA) is 89.9 Å². The summed E-state index contributed by atoms with van der Waals surface area (Å²) in [5, 5.41) is 4.24. The van der Waals surface area contributed by atoms with Crippen LogP contribution in [0.2, 0.25) is 0 Å². The van der Waals surface area contributed by atoms with Gasteiger partial charge in [0.15, 0.2) is 0 Å². The van der Waals surface area contributed by atoms with Crippen molar-refractivity contribution in [2.75, 3.05) is 13.1 Å². The summed E-state index contributed by atoms with van der Waals surface area (Å²) in [6, 6.07) is 10.6. The Bertz CT molecular complexity index is 1790. The van der Waals surface area contributed by atoms with Gasteiger partial charge in [-0.15, -0.1) is 0 Å². The third-order valence-corrected chi connectivity index (χ3v) is 12.3. The first-order valence-corrected chi connectivity index (χ1v) is 20.3. The number of esters is 1. The van der Waals surface area contributed by atoms with Gasteiger partial charge < -0.3 is 19.7 Å². The molecular weight excluding hydrogens is 688 g/mol. The summed E-state index contributed by atoms with van der Waals surface area (Å²) in [5.74, 6) is -0.766. The number of ether oxygens (including phenoxy) is 2. The molecule has 0 unspecified atom stereocenters. The van der Waals surface area contributed by atoms with Crippen LogP contribution in [0.4, 0.5) is 13.6 Å². The summed E-state index contributed by atoms with van der Waals surface area (Å²) in [4.78, 5) is 43.5. The smallest absolute Gasteiger partial charge is 0.328 e. The Labute approximate surface area is 319 Å². The molecule has 0 spiro atoms. The van der Waals surface area contributed by atoms with E-state index in [4.69, 9.17) is 9.47 Å². The molecule has 3 aromatic rings. The van der Waals surface area contributed by atoms with Crippen molar-refractivity contribution < 1.29 is 32.6 Å². The molecule has 294 valence electrons. The molecule has 2 aromatic carbocycles. The zero-order chi connectivity index (χ0) is 38.7. The summed E-state index contributed by atoms with van der Waals surface area (Å²) < 4.78 is 42.3. The maximum absolute atomic E-state index is 14.9. The molecule has 3 aliphatic rings. The van der Waals surface area contributed by atoms with Crippen LogP contribution in [-0.4, -0.2) is 64.8 Å². The molecule has 8 nitrogen and oxygen atoms in total. The number of aromatic nitrogens is 1. The number of piperidine rings is 1. The molecular formula is C44H59F2N3O5. The highest BCUT2D eigenvalue weighted by Gasteiger charge is 2.46. The number of nitrogens with zero attached hydrogens (tertiary/aromatic N) is 2. The maximum Gasteiger partial charge on any atom is 0.328 e. The molecule has 2 amide bonds. The van der Waals surface area contributed by atoms with Gasteiger partial charge in [-0.3, -0.25) is 14.2 Å². The summed E-state index contributed by atoms with van der Waals surface area (Å²) in [6.07, 6.45) is 8.51. The zero-order valence-corrected chi connectivity index (χ0v) is 33.0. The molecule has 10 heteroatoms. The monoisotopic (exact) mass is 747 g/mol. The Morgan fingerprint density at radius 1 is 0.889 bits per heavy atom. The first-order chi connectivity index (χ1) is 25.8. The molecule has 0 bridgehead atoms. The molecule has 54 heavy (non-hydrogen) atoms. The fourth-order valence-electron chi connectivity index (χ4n) is 9.44. The standard InChI is InChI=1S/C44H59F2N3O5/c1-7-39-37(25-30-8-16-35(17-9-30)53-27(2)3)36-18-15-34(46)26-40(36)49(39)43(52)48-22-20-44(21-23-48,32-11-13-33(45)14-12-32)42(51)47-38-19-10-31(24-29(38)6)41(50)54-28(4)5/h11-15,18,26-31,35,38H,7-10,16-17,19-25H2,1-6H3,(H,47,51)/t29-,30?,31-,35?,38-/m0/s1. The van der Waals surface area contributed by atoms with E-state index < -0.39 is 5.41 Å². The molecule has 2 saturated carbocycles. The molecule has 2 heterocycles. The lowest BCUT2D eigenvalue weighted by atomic mass is 9.71. The van der Waals surface area contributed by atoms with Crippen LogP contribution in [0.3, 0.4) is 0 Å². The minimum absolute atomic E-state index is 0.0619. The molecule has 3 fully saturated rings. The minimum atomic E-state index is -0.973. The fourth-order valence-corrected chi connectivity index (χ4v) is 9.44. The number of amides is 2. The van der Waals surface area contributed by atoms with Gasteiger partial charge in [-0.1, -0.05) is 26.0 Å². The third-order valence-electron chi connectivity index (χ3n) is 12.3. The van der Waals surface area contributed by atoms with Crippen molar-refractivity contribution in [1.82, 2.24) is 14.8 Å². The number of carbonyl (C=O) groups is 3. The Balaban J connectivity index is 1.21. The SMILES string of the molecule is CCc1c(CC2CCC(OC(C)C)CC2)c2ccc(F)cc2n1C(=O)N1CCC(C(=O)N[C@H]2CC[C@H](C(=O)OC(C)C)C[C@@H]2C)(c2ccc(F)cc2)CC1. The second kappa shape index (κ2) is 16.9. The molecule has 1 saturated heterocycles. The van der Waals surface area contributed by atoms with Gasteiger partial charge in [-0.2, -0.15) is 0 Å². The lowest BCUT2D eigenvalue weighted by molar-refractivity contribution is -0.154. The molecule has 0 radical (unpaired) electrons. The lowest BCUT2D eigenvalue weighted by Crippen LogP contribution is -2.56. The van der Waals surface area contributed by atoms with Crippen molar-refractivity contribution >= 4 is 28.8 Å². The Morgan fingerprint density at radius 2 is 1.56 bits per heavy atom. The van der Waals surface area contributed by atoms with E-state index in [1.165, 1.54) is 24.3 Å². The van der Waals surface area contributed by atoms with E-state index in [1.54, 1.807) is 21.6 Å². The fraction of sp³-hybridized carbons (Fsp3) is 0.614. The molecule has 6 rings (SSSR count). The highest BCUT2D eigenvalue weighted by Crippen LogP contribution is 2.40. The minimum Gasteiger partial charge on any atom is -0.463 e. The number of benzene rings is 2. The number of likely N-dealkylation sites (tertiary alicyclic amines) is 1. The van der Waals surface area contributed by atoms with Crippen molar-refractivity contribution in [3.8, 4) is 0 Å². The third kappa shape index (κ3) is 8.53. The van der Waals surface area contributed by atoms with Crippen LogP contribution >= 0.6 is 0 Å². The van der Waals surface area contributed by atoms with Crippen LogP contribution in [-0.2, 0) is 37.3 Å². The van der Waals surface area contributed by atoms with E-state index in [0.29, 0.717) is 68.6 Å². The molecule has 2 aliphatic carbocycles. The highest BCUT2D eigenvalue weighted by molar-refractivity contribution is 5.96. The molecule has 1 aliphatic heterocycles. The van der Waals surface area contributed by atoms with E-state index in [9.17, 15) is 23.2 Å². The number of rotatable bonds is 10. The van der Waals surface area contributed by atoms with Gasteiger partial charge >= 0.3 is 12.0 Å². The Hall–Kier alpha value is -3.79. The Kier molecular flexibility index (Phi) is 12.5. The van der Waals surface area contributed by atoms with E-state index >= 15 is 0 Å². The normalized spacial score (nSPS) is 24.6. The molecule has 1 N–H and O–H groups in total. The van der Waals surface area contributed by atoms with E-state index in [0.717, 1.165) is 48.7 Å². The van der Waals surface area contributed by atoms with Crippen LogP contribution in [0.5, 0.6) is 0 Å². The van der Waals surface area contributed by atoms with Gasteiger partial charge in [0.1, 0.15) is 11.6 Å². The summed E-state index contributed by atoms with van der Waals surface area (Å²) in [5.41, 5.74) is 2.36. The van der Waals surface area contributed by atoms with Gasteiger partial charge in [-0.05, 0) is 152 Å². The Morgan fingerprint density at radius 3 is 2.17 bits per heavy atom. The van der Waals surface area contributed by atoms with Crippen molar-refractivity contribution in [3.63, 3.8) is 0 Å². The van der Waals surface area contributed by atoms with Crippen LogP contribution in [0, 0.1) is 29.4 Å². The predicted molar refractivity (Wildman–Crippen MR) is 206 cm³/mol. The number of nitrogens with one attached hydrogen (secondary N) is 1. The van der Waals surface area contributed by atoms with Gasteiger partial charge in [-0.25, -0.2) is 13.6 Å². The summed E-state index contributed by atoms with van der Waals surface area (Å²) in [7, 11) is 0. The van der Waals surface area contributed by atoms with Crippen molar-refractivity contribution in [1.29, 1.82) is 0 Å². The first kappa shape index (κ1) is 39.9. The summed E-state index contributed by atoms with van der Waals surface area (Å²) >= 11 is 0. The number of hydrogen-bond donors (Lipinski definition) is 1. The largest absolute Gasteiger partial charge is 0.463 e. The predicted octanol–water partition coefficient (Wildman–Crippen LogP) is 8.88.